The fourth-order valence-corrected chi connectivity index (χ4v) is 3.74. The molecule has 2 fully saturated rings. The summed E-state index contributed by atoms with van der Waals surface area (Å²) >= 11 is 0. The molecule has 2 rings (SSSR count). The first-order valence-electron chi connectivity index (χ1n) is 8.21. The Kier molecular flexibility index (Phi) is 4.83. The van der Waals surface area contributed by atoms with Crippen LogP contribution >= 0.6 is 0 Å². The minimum Gasteiger partial charge on any atom is -0.393 e. The zero-order valence-electron chi connectivity index (χ0n) is 14.0. The van der Waals surface area contributed by atoms with Crippen molar-refractivity contribution in [2.75, 3.05) is 26.3 Å². The first-order chi connectivity index (χ1) is 9.20. The molecule has 1 aliphatic heterocycles. The van der Waals surface area contributed by atoms with Crippen LogP contribution < -0.4 is 0 Å². The van der Waals surface area contributed by atoms with Crippen molar-refractivity contribution >= 4 is 0 Å². The smallest absolute Gasteiger partial charge is 0.0645 e. The molecule has 1 N–H and O–H groups in total. The van der Waals surface area contributed by atoms with Crippen molar-refractivity contribution < 1.29 is 9.84 Å². The zero-order valence-corrected chi connectivity index (χ0v) is 14.0. The minimum absolute atomic E-state index is 0.104. The molecule has 0 aromatic rings. The molecule has 118 valence electrons. The lowest BCUT2D eigenvalue weighted by molar-refractivity contribution is -0.0767. The molecule has 0 radical (unpaired) electrons. The van der Waals surface area contributed by atoms with Crippen molar-refractivity contribution in [3.8, 4) is 0 Å². The van der Waals surface area contributed by atoms with Crippen LogP contribution in [0.3, 0.4) is 0 Å². The van der Waals surface area contributed by atoms with E-state index in [2.05, 4.69) is 39.5 Å². The fraction of sp³-hybridized carbons (Fsp3) is 1.00. The van der Waals surface area contributed by atoms with Crippen LogP contribution in [0.1, 0.15) is 53.9 Å². The Morgan fingerprint density at radius 2 is 1.95 bits per heavy atom. The summed E-state index contributed by atoms with van der Waals surface area (Å²) in [5.41, 5.74) is 0.464. The SMILES string of the molecule is CC(C)(C)C1CCC(O)C(CN2CCOCC2(C)C)C1. The molecule has 1 aliphatic carbocycles. The molecule has 0 spiro atoms. The van der Waals surface area contributed by atoms with Crippen LogP contribution in [0.2, 0.25) is 0 Å². The number of hydrogen-bond donors (Lipinski definition) is 1. The highest BCUT2D eigenvalue weighted by Gasteiger charge is 2.38. The molecule has 3 heteroatoms. The quantitative estimate of drug-likeness (QED) is 0.846. The topological polar surface area (TPSA) is 32.7 Å². The number of ether oxygens (including phenoxy) is 1. The predicted octanol–water partition coefficient (Wildman–Crippen LogP) is 2.92. The summed E-state index contributed by atoms with van der Waals surface area (Å²) in [5.74, 6) is 1.16. The van der Waals surface area contributed by atoms with E-state index in [0.29, 0.717) is 11.3 Å². The van der Waals surface area contributed by atoms with Crippen molar-refractivity contribution in [2.24, 2.45) is 17.3 Å². The number of aliphatic hydroxyl groups excluding tert-OH is 1. The summed E-state index contributed by atoms with van der Waals surface area (Å²) in [7, 11) is 0. The van der Waals surface area contributed by atoms with E-state index in [1.807, 2.05) is 0 Å². The molecule has 0 amide bonds. The van der Waals surface area contributed by atoms with Crippen LogP contribution in [0.15, 0.2) is 0 Å². The molecular formula is C17H33NO2. The normalized spacial score (nSPS) is 36.0. The summed E-state index contributed by atoms with van der Waals surface area (Å²) < 4.78 is 5.60. The van der Waals surface area contributed by atoms with Crippen LogP contribution in [0.25, 0.3) is 0 Å². The third-order valence-electron chi connectivity index (χ3n) is 5.44. The molecule has 3 nitrogen and oxygen atoms in total. The molecule has 20 heavy (non-hydrogen) atoms. The van der Waals surface area contributed by atoms with Gasteiger partial charge in [-0.15, -0.1) is 0 Å². The minimum atomic E-state index is -0.118. The molecule has 3 unspecified atom stereocenters. The maximum atomic E-state index is 10.4. The second-order valence-corrected chi connectivity index (χ2v) is 8.51. The lowest BCUT2D eigenvalue weighted by Crippen LogP contribution is -2.55. The van der Waals surface area contributed by atoms with Gasteiger partial charge in [0.2, 0.25) is 0 Å². The Labute approximate surface area is 124 Å². The van der Waals surface area contributed by atoms with Crippen molar-refractivity contribution in [2.45, 2.75) is 65.5 Å². The number of morpholine rings is 1. The van der Waals surface area contributed by atoms with Crippen LogP contribution in [0.4, 0.5) is 0 Å². The van der Waals surface area contributed by atoms with Gasteiger partial charge in [-0.05, 0) is 50.4 Å². The third kappa shape index (κ3) is 3.75. The van der Waals surface area contributed by atoms with Gasteiger partial charge in [-0.25, -0.2) is 0 Å². The number of hydrogen-bond acceptors (Lipinski definition) is 3. The van der Waals surface area contributed by atoms with Crippen LogP contribution in [0.5, 0.6) is 0 Å². The largest absolute Gasteiger partial charge is 0.393 e. The molecule has 1 saturated heterocycles. The Morgan fingerprint density at radius 1 is 1.25 bits per heavy atom. The Balaban J connectivity index is 1.99. The van der Waals surface area contributed by atoms with Crippen molar-refractivity contribution in [3.63, 3.8) is 0 Å². The summed E-state index contributed by atoms with van der Waals surface area (Å²) in [6.07, 6.45) is 3.19. The monoisotopic (exact) mass is 283 g/mol. The highest BCUT2D eigenvalue weighted by atomic mass is 16.5. The van der Waals surface area contributed by atoms with Gasteiger partial charge in [0, 0.05) is 18.6 Å². The van der Waals surface area contributed by atoms with Crippen molar-refractivity contribution in [1.82, 2.24) is 4.90 Å². The molecule has 0 bridgehead atoms. The van der Waals surface area contributed by atoms with Gasteiger partial charge in [0.25, 0.3) is 0 Å². The van der Waals surface area contributed by atoms with Crippen LogP contribution in [-0.4, -0.2) is 48.0 Å². The van der Waals surface area contributed by atoms with E-state index in [0.717, 1.165) is 45.1 Å². The van der Waals surface area contributed by atoms with E-state index in [-0.39, 0.29) is 11.6 Å². The molecule has 0 aromatic heterocycles. The Morgan fingerprint density at radius 3 is 2.55 bits per heavy atom. The molecule has 2 aliphatic rings. The van der Waals surface area contributed by atoms with Crippen molar-refractivity contribution in [3.05, 3.63) is 0 Å². The van der Waals surface area contributed by atoms with Crippen LogP contribution in [0, 0.1) is 17.3 Å². The van der Waals surface area contributed by atoms with E-state index in [1.54, 1.807) is 0 Å². The van der Waals surface area contributed by atoms with E-state index in [1.165, 1.54) is 6.42 Å². The summed E-state index contributed by atoms with van der Waals surface area (Å²) in [4.78, 5) is 2.52. The second kappa shape index (κ2) is 5.94. The average Bonchev–Trinajstić information content (AvgIpc) is 2.32. The predicted molar refractivity (Wildman–Crippen MR) is 82.8 cm³/mol. The fourth-order valence-electron chi connectivity index (χ4n) is 3.74. The number of aliphatic hydroxyl groups is 1. The standard InChI is InChI=1S/C17H33NO2/c1-16(2,3)14-6-7-15(19)13(10-14)11-18-8-9-20-12-17(18,4)5/h13-15,19H,6-12H2,1-5H3. The maximum absolute atomic E-state index is 10.4. The molecular weight excluding hydrogens is 250 g/mol. The first-order valence-corrected chi connectivity index (χ1v) is 8.21. The zero-order chi connectivity index (χ0) is 15.0. The molecule has 1 saturated carbocycles. The maximum Gasteiger partial charge on any atom is 0.0645 e. The van der Waals surface area contributed by atoms with Gasteiger partial charge in [-0.3, -0.25) is 4.90 Å². The lowest BCUT2D eigenvalue weighted by atomic mass is 9.68. The number of nitrogens with zero attached hydrogens (tertiary/aromatic N) is 1. The van der Waals surface area contributed by atoms with E-state index >= 15 is 0 Å². The summed E-state index contributed by atoms with van der Waals surface area (Å²) in [6, 6.07) is 0. The molecule has 1 heterocycles. The van der Waals surface area contributed by atoms with Gasteiger partial charge in [-0.2, -0.15) is 0 Å². The van der Waals surface area contributed by atoms with Gasteiger partial charge in [0.15, 0.2) is 0 Å². The summed E-state index contributed by atoms with van der Waals surface area (Å²) in [5, 5.41) is 10.4. The summed E-state index contributed by atoms with van der Waals surface area (Å²) in [6.45, 7) is 15.2. The van der Waals surface area contributed by atoms with Crippen molar-refractivity contribution in [1.29, 1.82) is 0 Å². The Bertz CT molecular complexity index is 321. The molecule has 0 aromatic carbocycles. The Hall–Kier alpha value is -0.120. The van der Waals surface area contributed by atoms with E-state index < -0.39 is 0 Å². The molecule has 3 atom stereocenters. The first kappa shape index (κ1) is 16.3. The van der Waals surface area contributed by atoms with E-state index in [9.17, 15) is 5.11 Å². The third-order valence-corrected chi connectivity index (χ3v) is 5.44. The van der Waals surface area contributed by atoms with Gasteiger partial charge < -0.3 is 9.84 Å². The van der Waals surface area contributed by atoms with Gasteiger partial charge in [0.05, 0.1) is 19.3 Å². The van der Waals surface area contributed by atoms with Gasteiger partial charge in [0.1, 0.15) is 0 Å². The highest BCUT2D eigenvalue weighted by molar-refractivity contribution is 4.91. The lowest BCUT2D eigenvalue weighted by Gasteiger charge is -2.47. The van der Waals surface area contributed by atoms with E-state index in [4.69, 9.17) is 4.74 Å². The highest BCUT2D eigenvalue weighted by Crippen LogP contribution is 2.41. The second-order valence-electron chi connectivity index (χ2n) is 8.51. The average molecular weight is 283 g/mol. The van der Waals surface area contributed by atoms with Gasteiger partial charge >= 0.3 is 0 Å². The van der Waals surface area contributed by atoms with Crippen LogP contribution in [-0.2, 0) is 4.74 Å². The number of rotatable bonds is 2. The van der Waals surface area contributed by atoms with Gasteiger partial charge in [-0.1, -0.05) is 20.8 Å².